The molecule has 212 valence electrons. The molecule has 0 spiro atoms. The van der Waals surface area contributed by atoms with E-state index in [1.807, 2.05) is 76.5 Å². The highest BCUT2D eigenvalue weighted by Crippen LogP contribution is 2.42. The van der Waals surface area contributed by atoms with Crippen LogP contribution in [0, 0.1) is 6.92 Å². The third kappa shape index (κ3) is 5.78. The molecule has 0 unspecified atom stereocenters. The summed E-state index contributed by atoms with van der Waals surface area (Å²) in [5, 5.41) is 0. The van der Waals surface area contributed by atoms with Gasteiger partial charge in [-0.3, -0.25) is 9.59 Å². The second-order valence-electron chi connectivity index (χ2n) is 10.5. The first kappa shape index (κ1) is 27.7. The molecule has 1 fully saturated rings. The molecule has 0 saturated carbocycles. The average Bonchev–Trinajstić information content (AvgIpc) is 3.04. The van der Waals surface area contributed by atoms with Gasteiger partial charge in [-0.15, -0.1) is 0 Å². The summed E-state index contributed by atoms with van der Waals surface area (Å²) in [7, 11) is 1.68. The minimum absolute atomic E-state index is 0.0210. The van der Waals surface area contributed by atoms with Crippen LogP contribution in [-0.2, 0) is 11.3 Å². The maximum Gasteiger partial charge on any atom is 0.265 e. The van der Waals surface area contributed by atoms with E-state index in [-0.39, 0.29) is 11.8 Å². The molecule has 6 nitrogen and oxygen atoms in total. The number of carbonyl (C=O) groups is 2. The Morgan fingerprint density at radius 1 is 0.833 bits per heavy atom. The molecule has 7 heteroatoms. The Morgan fingerprint density at radius 3 is 2.21 bits per heavy atom. The molecule has 4 aromatic rings. The second kappa shape index (κ2) is 12.2. The molecule has 2 heterocycles. The Labute approximate surface area is 251 Å². The van der Waals surface area contributed by atoms with Crippen molar-refractivity contribution in [2.75, 3.05) is 43.1 Å². The van der Waals surface area contributed by atoms with Gasteiger partial charge >= 0.3 is 0 Å². The second-order valence-corrected chi connectivity index (χ2v) is 11.6. The van der Waals surface area contributed by atoms with Crippen LogP contribution >= 0.6 is 11.8 Å². The summed E-state index contributed by atoms with van der Waals surface area (Å²) in [6.07, 6.45) is 1.92. The van der Waals surface area contributed by atoms with Gasteiger partial charge in [-0.2, -0.15) is 0 Å². The van der Waals surface area contributed by atoms with Gasteiger partial charge in [0.1, 0.15) is 5.75 Å². The van der Waals surface area contributed by atoms with Crippen molar-refractivity contribution in [3.63, 3.8) is 0 Å². The van der Waals surface area contributed by atoms with Gasteiger partial charge in [0, 0.05) is 36.6 Å². The fourth-order valence-corrected chi connectivity index (χ4v) is 6.45. The fraction of sp³-hybridized carbons (Fsp3) is 0.200. The Kier molecular flexibility index (Phi) is 8.02. The maximum absolute atomic E-state index is 13.7. The van der Waals surface area contributed by atoms with Crippen LogP contribution in [0.2, 0.25) is 0 Å². The Balaban J connectivity index is 1.15. The van der Waals surface area contributed by atoms with Crippen molar-refractivity contribution in [2.45, 2.75) is 18.4 Å². The van der Waals surface area contributed by atoms with Crippen LogP contribution in [0.4, 0.5) is 11.4 Å². The molecule has 2 aliphatic rings. The van der Waals surface area contributed by atoms with Gasteiger partial charge in [0.2, 0.25) is 0 Å². The van der Waals surface area contributed by atoms with E-state index in [0.29, 0.717) is 30.1 Å². The Morgan fingerprint density at radius 2 is 1.50 bits per heavy atom. The molecule has 42 heavy (non-hydrogen) atoms. The predicted molar refractivity (Wildman–Crippen MR) is 170 cm³/mol. The van der Waals surface area contributed by atoms with Crippen molar-refractivity contribution in [2.24, 2.45) is 0 Å². The molecule has 2 aliphatic heterocycles. The lowest BCUT2D eigenvalue weighted by Crippen LogP contribution is -2.48. The number of carbonyl (C=O) groups excluding carboxylic acids is 2. The van der Waals surface area contributed by atoms with Crippen molar-refractivity contribution in [1.29, 1.82) is 0 Å². The van der Waals surface area contributed by atoms with E-state index < -0.39 is 0 Å². The van der Waals surface area contributed by atoms with E-state index in [4.69, 9.17) is 4.74 Å². The Hall–Kier alpha value is -4.49. The summed E-state index contributed by atoms with van der Waals surface area (Å²) in [4.78, 5) is 34.7. The van der Waals surface area contributed by atoms with Gasteiger partial charge in [0.25, 0.3) is 11.8 Å². The number of hydrogen-bond donors (Lipinski definition) is 0. The number of amides is 2. The van der Waals surface area contributed by atoms with Gasteiger partial charge in [0.05, 0.1) is 29.9 Å². The highest BCUT2D eigenvalue weighted by molar-refractivity contribution is 8.04. The van der Waals surface area contributed by atoms with Crippen molar-refractivity contribution in [1.82, 2.24) is 4.90 Å². The smallest absolute Gasteiger partial charge is 0.265 e. The van der Waals surface area contributed by atoms with Gasteiger partial charge in [0.15, 0.2) is 0 Å². The predicted octanol–water partition coefficient (Wildman–Crippen LogP) is 6.65. The topological polar surface area (TPSA) is 53.1 Å². The first-order chi connectivity index (χ1) is 20.5. The monoisotopic (exact) mass is 575 g/mol. The molecule has 6 rings (SSSR count). The number of thioether (sulfide) groups is 1. The number of ether oxygens (including phenoxy) is 1. The number of hydrogen-bond acceptors (Lipinski definition) is 5. The average molecular weight is 576 g/mol. The zero-order chi connectivity index (χ0) is 29.1. The van der Waals surface area contributed by atoms with Crippen LogP contribution in [0.25, 0.3) is 6.08 Å². The molecule has 0 N–H and O–H groups in total. The first-order valence-corrected chi connectivity index (χ1v) is 14.9. The van der Waals surface area contributed by atoms with Crippen LogP contribution in [0.15, 0.2) is 107 Å². The molecular weight excluding hydrogens is 542 g/mol. The van der Waals surface area contributed by atoms with E-state index >= 15 is 0 Å². The lowest BCUT2D eigenvalue weighted by molar-refractivity contribution is -0.114. The molecule has 2 amide bonds. The molecule has 0 aliphatic carbocycles. The number of aryl methyl sites for hydroxylation is 1. The van der Waals surface area contributed by atoms with Gasteiger partial charge in [-0.05, 0) is 60.5 Å². The quantitative estimate of drug-likeness (QED) is 0.241. The van der Waals surface area contributed by atoms with Crippen molar-refractivity contribution in [3.8, 4) is 5.75 Å². The number of nitrogens with zero attached hydrogens (tertiary/aromatic N) is 3. The molecule has 0 aromatic heterocycles. The molecule has 1 saturated heterocycles. The molecule has 0 atom stereocenters. The third-order valence-corrected chi connectivity index (χ3v) is 8.82. The van der Waals surface area contributed by atoms with Crippen molar-refractivity contribution in [3.05, 3.63) is 124 Å². The van der Waals surface area contributed by atoms with E-state index in [9.17, 15) is 9.59 Å². The van der Waals surface area contributed by atoms with Crippen molar-refractivity contribution < 1.29 is 14.3 Å². The van der Waals surface area contributed by atoms with Gasteiger partial charge in [-0.25, -0.2) is 0 Å². The number of rotatable bonds is 6. The van der Waals surface area contributed by atoms with Gasteiger partial charge < -0.3 is 19.4 Å². The lowest BCUT2D eigenvalue weighted by atomic mass is 10.1. The summed E-state index contributed by atoms with van der Waals surface area (Å²) in [6, 6.07) is 31.9. The number of anilines is 2. The number of piperazine rings is 1. The summed E-state index contributed by atoms with van der Waals surface area (Å²) < 4.78 is 5.52. The van der Waals surface area contributed by atoms with Gasteiger partial charge in [-0.1, -0.05) is 78.0 Å². The summed E-state index contributed by atoms with van der Waals surface area (Å²) >= 11 is 1.49. The molecule has 0 bridgehead atoms. The van der Waals surface area contributed by atoms with Crippen molar-refractivity contribution >= 4 is 41.0 Å². The Bertz CT molecular complexity index is 1620. The highest BCUT2D eigenvalue weighted by atomic mass is 32.2. The van der Waals surface area contributed by atoms with E-state index in [2.05, 4.69) is 48.2 Å². The minimum atomic E-state index is -0.0210. The highest BCUT2D eigenvalue weighted by Gasteiger charge is 2.29. The van der Waals surface area contributed by atoms with E-state index in [1.54, 1.807) is 7.11 Å². The number of methoxy groups -OCH3 is 1. The van der Waals surface area contributed by atoms with Crippen LogP contribution < -0.4 is 14.5 Å². The summed E-state index contributed by atoms with van der Waals surface area (Å²) in [5.41, 5.74) is 5.80. The number of benzene rings is 4. The SMILES string of the molecule is COc1ccccc1N1CCN(C(=O)c2ccc(/C=C3/Sc4ccccc4N(Cc4ccc(C)cc4)C3=O)cc2)CC1. The fourth-order valence-electron chi connectivity index (χ4n) is 5.39. The maximum atomic E-state index is 13.7. The third-order valence-electron chi connectivity index (χ3n) is 7.74. The number of fused-ring (bicyclic) bond motifs is 1. The van der Waals surface area contributed by atoms with Crippen LogP contribution in [0.1, 0.15) is 27.0 Å². The molecular formula is C35H33N3O3S. The van der Waals surface area contributed by atoms with Crippen LogP contribution in [0.5, 0.6) is 5.75 Å². The normalized spacial score (nSPS) is 16.0. The van der Waals surface area contributed by atoms with Crippen LogP contribution in [-0.4, -0.2) is 50.0 Å². The summed E-state index contributed by atoms with van der Waals surface area (Å²) in [5.74, 6) is 0.848. The largest absolute Gasteiger partial charge is 0.495 e. The first-order valence-electron chi connectivity index (χ1n) is 14.1. The molecule has 0 radical (unpaired) electrons. The molecule has 4 aromatic carbocycles. The van der Waals surface area contributed by atoms with E-state index in [1.165, 1.54) is 17.3 Å². The standard InChI is InChI=1S/C35H33N3O3S/c1-25-11-13-27(14-12-25)24-38-30-8-4-6-10-32(30)42-33(35(38)40)23-26-15-17-28(18-16-26)34(39)37-21-19-36(20-22-37)29-7-3-5-9-31(29)41-2/h3-18,23H,19-22,24H2,1-2H3/b33-23+. The van der Waals surface area contributed by atoms with E-state index in [0.717, 1.165) is 46.2 Å². The van der Waals surface area contributed by atoms with Crippen LogP contribution in [0.3, 0.4) is 0 Å². The zero-order valence-electron chi connectivity index (χ0n) is 23.8. The lowest BCUT2D eigenvalue weighted by Gasteiger charge is -2.36. The number of para-hydroxylation sites is 3. The minimum Gasteiger partial charge on any atom is -0.495 e. The summed E-state index contributed by atoms with van der Waals surface area (Å²) in [6.45, 7) is 5.34. The zero-order valence-corrected chi connectivity index (χ0v) is 24.6.